The van der Waals surface area contributed by atoms with Crippen LogP contribution in [0.5, 0.6) is 0 Å². The Balaban J connectivity index is -0.000000826. The lowest BCUT2D eigenvalue weighted by Gasteiger charge is -2.03. The highest BCUT2D eigenvalue weighted by Gasteiger charge is 2.01. The SMILES string of the molecule is C=CCCCCCCCCO.C=CCCCCCCCCOC(=O)/C=C/C(=O)OCCCCCCCCC=C.O=C(O)/C=C/C(=O)O. The van der Waals surface area contributed by atoms with Crippen molar-refractivity contribution in [1.82, 2.24) is 0 Å². The number of carboxylic acid groups (broad SMARTS) is 2. The predicted octanol–water partition coefficient (Wildman–Crippen LogP) is 9.07. The zero-order chi connectivity index (χ0) is 35.6. The van der Waals surface area contributed by atoms with Crippen LogP contribution in [0.25, 0.3) is 0 Å². The molecule has 0 heterocycles. The average Bonchev–Trinajstić information content (AvgIpc) is 3.05. The molecule has 9 heteroatoms. The van der Waals surface area contributed by atoms with Crippen LogP contribution in [0.1, 0.15) is 135 Å². The van der Waals surface area contributed by atoms with Crippen molar-refractivity contribution < 1.29 is 44.0 Å². The van der Waals surface area contributed by atoms with Crippen molar-refractivity contribution in [3.63, 3.8) is 0 Å². The van der Waals surface area contributed by atoms with Gasteiger partial charge in [0.1, 0.15) is 0 Å². The second-order valence-corrected chi connectivity index (χ2v) is 11.0. The quantitative estimate of drug-likeness (QED) is 0.0296. The van der Waals surface area contributed by atoms with Gasteiger partial charge in [-0.05, 0) is 57.8 Å². The molecule has 0 fully saturated rings. The summed E-state index contributed by atoms with van der Waals surface area (Å²) in [6.07, 6.45) is 33.4. The number of ether oxygens (including phenoxy) is 2. The average molecular weight is 665 g/mol. The van der Waals surface area contributed by atoms with E-state index in [0.717, 1.165) is 76.4 Å². The highest BCUT2D eigenvalue weighted by molar-refractivity contribution is 5.91. The minimum Gasteiger partial charge on any atom is -0.478 e. The van der Waals surface area contributed by atoms with Gasteiger partial charge in [0.25, 0.3) is 0 Å². The van der Waals surface area contributed by atoms with E-state index in [2.05, 4.69) is 19.7 Å². The Kier molecular flexibility index (Phi) is 43.4. The first kappa shape index (κ1) is 47.9. The molecule has 0 saturated heterocycles. The minimum atomic E-state index is -1.26. The van der Waals surface area contributed by atoms with Crippen LogP contribution in [0.4, 0.5) is 0 Å². The van der Waals surface area contributed by atoms with Gasteiger partial charge in [-0.3, -0.25) is 0 Å². The smallest absolute Gasteiger partial charge is 0.331 e. The standard InChI is InChI=1S/C24H40O4.C10H20O.C4H4O4/c1-3-5-7-9-11-13-15-17-21-27-23(25)19-20-24(26)28-22-18-16-14-12-10-8-6-4-2;1-2-3-4-5-6-7-8-9-10-11;5-3(6)1-2-4(7)8/h3-4,19-20H,1-2,5-18,21-22H2;2,11H,1,3-10H2;1-2H,(H,5,6)(H,7,8)/b20-19+;;2-1+. The Hall–Kier alpha value is -3.46. The van der Waals surface area contributed by atoms with Crippen LogP contribution in [0.15, 0.2) is 62.3 Å². The van der Waals surface area contributed by atoms with Crippen molar-refractivity contribution in [3.05, 3.63) is 62.3 Å². The molecule has 0 amide bonds. The van der Waals surface area contributed by atoms with E-state index in [1.807, 2.05) is 18.2 Å². The van der Waals surface area contributed by atoms with Crippen molar-refractivity contribution in [2.75, 3.05) is 19.8 Å². The lowest BCUT2D eigenvalue weighted by atomic mass is 10.1. The monoisotopic (exact) mass is 664 g/mol. The molecule has 0 aromatic heterocycles. The second kappa shape index (κ2) is 42.5. The summed E-state index contributed by atoms with van der Waals surface area (Å²) in [5, 5.41) is 24.1. The molecule has 3 N–H and O–H groups in total. The van der Waals surface area contributed by atoms with Crippen LogP contribution in [0.3, 0.4) is 0 Å². The van der Waals surface area contributed by atoms with Crippen molar-refractivity contribution >= 4 is 23.9 Å². The highest BCUT2D eigenvalue weighted by atomic mass is 16.5. The van der Waals surface area contributed by atoms with Crippen molar-refractivity contribution in [2.24, 2.45) is 0 Å². The van der Waals surface area contributed by atoms with Gasteiger partial charge in [0.2, 0.25) is 0 Å². The van der Waals surface area contributed by atoms with Crippen LogP contribution in [-0.2, 0) is 28.7 Å². The third-order valence-electron chi connectivity index (χ3n) is 6.63. The molecular formula is C38H64O9. The Morgan fingerprint density at radius 2 is 0.702 bits per heavy atom. The van der Waals surface area contributed by atoms with Gasteiger partial charge in [-0.15, -0.1) is 19.7 Å². The van der Waals surface area contributed by atoms with Gasteiger partial charge < -0.3 is 24.8 Å². The molecule has 0 aromatic carbocycles. The van der Waals surface area contributed by atoms with Gasteiger partial charge in [-0.1, -0.05) is 95.3 Å². The molecule has 0 bridgehead atoms. The zero-order valence-corrected chi connectivity index (χ0v) is 28.9. The van der Waals surface area contributed by atoms with Gasteiger partial charge in [0.05, 0.1) is 13.2 Å². The fourth-order valence-electron chi connectivity index (χ4n) is 4.02. The Labute approximate surface area is 284 Å². The summed E-state index contributed by atoms with van der Waals surface area (Å²) >= 11 is 0. The summed E-state index contributed by atoms with van der Waals surface area (Å²) in [5.74, 6) is -3.48. The number of carbonyl (C=O) groups excluding carboxylic acids is 2. The number of carboxylic acids is 2. The molecule has 9 nitrogen and oxygen atoms in total. The van der Waals surface area contributed by atoms with Crippen LogP contribution < -0.4 is 0 Å². The molecule has 0 aromatic rings. The fourth-order valence-corrected chi connectivity index (χ4v) is 4.02. The number of allylic oxidation sites excluding steroid dienone is 3. The number of aliphatic hydroxyl groups excluding tert-OH is 1. The van der Waals surface area contributed by atoms with E-state index < -0.39 is 23.9 Å². The van der Waals surface area contributed by atoms with E-state index in [1.165, 1.54) is 70.6 Å². The molecular weight excluding hydrogens is 600 g/mol. The molecule has 0 aliphatic rings. The first-order chi connectivity index (χ1) is 22.7. The van der Waals surface area contributed by atoms with E-state index >= 15 is 0 Å². The maximum Gasteiger partial charge on any atom is 0.331 e. The third-order valence-corrected chi connectivity index (χ3v) is 6.63. The first-order valence-corrected chi connectivity index (χ1v) is 17.3. The van der Waals surface area contributed by atoms with Gasteiger partial charge >= 0.3 is 23.9 Å². The second-order valence-electron chi connectivity index (χ2n) is 11.0. The molecule has 0 atom stereocenters. The lowest BCUT2D eigenvalue weighted by molar-refractivity contribution is -0.140. The number of hydrogen-bond acceptors (Lipinski definition) is 7. The molecule has 0 aliphatic heterocycles. The van der Waals surface area contributed by atoms with Gasteiger partial charge in [-0.2, -0.15) is 0 Å². The Morgan fingerprint density at radius 3 is 0.979 bits per heavy atom. The maximum atomic E-state index is 11.5. The molecule has 47 heavy (non-hydrogen) atoms. The molecule has 0 aliphatic carbocycles. The fraction of sp³-hybridized carbons (Fsp3) is 0.632. The first-order valence-electron chi connectivity index (χ1n) is 17.3. The van der Waals surface area contributed by atoms with E-state index in [-0.39, 0.29) is 0 Å². The number of esters is 2. The van der Waals surface area contributed by atoms with E-state index in [9.17, 15) is 19.2 Å². The normalized spacial score (nSPS) is 10.3. The third kappa shape index (κ3) is 52.4. The van der Waals surface area contributed by atoms with Gasteiger partial charge in [-0.25, -0.2) is 19.2 Å². The summed E-state index contributed by atoms with van der Waals surface area (Å²) < 4.78 is 10.2. The van der Waals surface area contributed by atoms with Crippen LogP contribution >= 0.6 is 0 Å². The van der Waals surface area contributed by atoms with Gasteiger partial charge in [0, 0.05) is 30.9 Å². The molecule has 0 rings (SSSR count). The minimum absolute atomic E-state index is 0.354. The highest BCUT2D eigenvalue weighted by Crippen LogP contribution is 2.09. The van der Waals surface area contributed by atoms with E-state index in [1.54, 1.807) is 0 Å². The molecule has 0 unspecified atom stereocenters. The van der Waals surface area contributed by atoms with E-state index in [4.69, 9.17) is 24.8 Å². The molecule has 0 radical (unpaired) electrons. The van der Waals surface area contributed by atoms with Crippen molar-refractivity contribution in [3.8, 4) is 0 Å². The number of aliphatic carboxylic acids is 2. The predicted molar refractivity (Wildman–Crippen MR) is 190 cm³/mol. The number of hydrogen-bond donors (Lipinski definition) is 3. The van der Waals surface area contributed by atoms with Crippen molar-refractivity contribution in [2.45, 2.75) is 135 Å². The van der Waals surface area contributed by atoms with E-state index in [0.29, 0.717) is 32.0 Å². The van der Waals surface area contributed by atoms with Crippen LogP contribution in [0, 0.1) is 0 Å². The number of unbranched alkanes of at least 4 members (excludes halogenated alkanes) is 18. The molecule has 0 saturated carbocycles. The number of carbonyl (C=O) groups is 4. The van der Waals surface area contributed by atoms with Crippen LogP contribution in [-0.4, -0.2) is 59.0 Å². The zero-order valence-electron chi connectivity index (χ0n) is 28.9. The maximum absolute atomic E-state index is 11.5. The number of aliphatic hydroxyl groups is 1. The summed E-state index contributed by atoms with van der Waals surface area (Å²) in [7, 11) is 0. The lowest BCUT2D eigenvalue weighted by Crippen LogP contribution is -2.06. The largest absolute Gasteiger partial charge is 0.478 e. The van der Waals surface area contributed by atoms with Crippen LogP contribution in [0.2, 0.25) is 0 Å². The summed E-state index contributed by atoms with van der Waals surface area (Å²) in [5.41, 5.74) is 0. The summed E-state index contributed by atoms with van der Waals surface area (Å²) in [6, 6.07) is 0. The summed E-state index contributed by atoms with van der Waals surface area (Å²) in [6.45, 7) is 12.3. The molecule has 270 valence electrons. The topological polar surface area (TPSA) is 147 Å². The number of rotatable bonds is 30. The van der Waals surface area contributed by atoms with Crippen molar-refractivity contribution in [1.29, 1.82) is 0 Å². The Bertz CT molecular complexity index is 790. The Morgan fingerprint density at radius 1 is 0.426 bits per heavy atom. The summed E-state index contributed by atoms with van der Waals surface area (Å²) in [4.78, 5) is 42.2. The van der Waals surface area contributed by atoms with Gasteiger partial charge in [0.15, 0.2) is 0 Å². The molecule has 0 spiro atoms.